The van der Waals surface area contributed by atoms with E-state index < -0.39 is 0 Å². The van der Waals surface area contributed by atoms with Crippen LogP contribution < -0.4 is 5.32 Å². The Labute approximate surface area is 163 Å². The van der Waals surface area contributed by atoms with E-state index in [2.05, 4.69) is 27.5 Å². The summed E-state index contributed by atoms with van der Waals surface area (Å²) in [5, 5.41) is 7.32. The van der Waals surface area contributed by atoms with E-state index in [1.807, 2.05) is 65.5 Å². The molecule has 0 aliphatic heterocycles. The average Bonchev–Trinajstić information content (AvgIpc) is 3.22. The third-order valence-electron chi connectivity index (χ3n) is 4.44. The van der Waals surface area contributed by atoms with Gasteiger partial charge in [0.2, 0.25) is 0 Å². The Hall–Kier alpha value is -3.73. The number of benzene rings is 2. The van der Waals surface area contributed by atoms with Crippen LogP contribution in [0.1, 0.15) is 21.5 Å². The molecule has 5 heteroatoms. The van der Waals surface area contributed by atoms with Crippen molar-refractivity contribution in [2.24, 2.45) is 0 Å². The van der Waals surface area contributed by atoms with Crippen molar-refractivity contribution in [3.8, 4) is 11.3 Å². The topological polar surface area (TPSA) is 59.8 Å². The number of nitrogens with zero attached hydrogens (tertiary/aromatic N) is 3. The molecule has 1 N–H and O–H groups in total. The molecule has 2 aromatic heterocycles. The van der Waals surface area contributed by atoms with Crippen LogP contribution >= 0.6 is 0 Å². The molecule has 0 saturated carbocycles. The lowest BCUT2D eigenvalue weighted by molar-refractivity contribution is 0.0950. The zero-order valence-corrected chi connectivity index (χ0v) is 15.3. The molecule has 138 valence electrons. The van der Waals surface area contributed by atoms with Gasteiger partial charge >= 0.3 is 0 Å². The van der Waals surface area contributed by atoms with E-state index >= 15 is 0 Å². The number of carbonyl (C=O) groups excluding carboxylic acids is 1. The third kappa shape index (κ3) is 4.32. The minimum absolute atomic E-state index is 0.136. The van der Waals surface area contributed by atoms with Crippen molar-refractivity contribution >= 4 is 5.91 Å². The largest absolute Gasteiger partial charge is 0.348 e. The predicted molar refractivity (Wildman–Crippen MR) is 109 cm³/mol. The first-order chi connectivity index (χ1) is 13.8. The van der Waals surface area contributed by atoms with Crippen LogP contribution in [0.2, 0.25) is 0 Å². The minimum Gasteiger partial charge on any atom is -0.348 e. The number of hydrogen-bond donors (Lipinski definition) is 1. The molecule has 0 unspecified atom stereocenters. The van der Waals surface area contributed by atoms with Crippen LogP contribution in [0.5, 0.6) is 0 Å². The number of amides is 1. The normalized spacial score (nSPS) is 10.6. The average molecular weight is 368 g/mol. The molecule has 0 aliphatic carbocycles. The first-order valence-corrected chi connectivity index (χ1v) is 9.13. The second kappa shape index (κ2) is 8.31. The molecule has 0 atom stereocenters. The van der Waals surface area contributed by atoms with Crippen LogP contribution in [-0.2, 0) is 13.1 Å². The van der Waals surface area contributed by atoms with Gasteiger partial charge in [-0.3, -0.25) is 14.5 Å². The molecule has 4 aromatic rings. The fourth-order valence-electron chi connectivity index (χ4n) is 2.93. The van der Waals surface area contributed by atoms with E-state index in [1.54, 1.807) is 18.5 Å². The second-order valence-corrected chi connectivity index (χ2v) is 6.51. The highest BCUT2D eigenvalue weighted by atomic mass is 16.1. The summed E-state index contributed by atoms with van der Waals surface area (Å²) in [7, 11) is 0. The van der Waals surface area contributed by atoms with Gasteiger partial charge in [-0.25, -0.2) is 0 Å². The van der Waals surface area contributed by atoms with Crippen molar-refractivity contribution in [3.05, 3.63) is 108 Å². The lowest BCUT2D eigenvalue weighted by Crippen LogP contribution is -2.22. The Morgan fingerprint density at radius 3 is 2.25 bits per heavy atom. The number of nitrogens with one attached hydrogen (secondary N) is 1. The summed E-state index contributed by atoms with van der Waals surface area (Å²) in [4.78, 5) is 16.7. The van der Waals surface area contributed by atoms with Crippen LogP contribution in [0.4, 0.5) is 0 Å². The lowest BCUT2D eigenvalue weighted by Gasteiger charge is -2.05. The Bertz CT molecular complexity index is 1040. The summed E-state index contributed by atoms with van der Waals surface area (Å²) in [6, 6.07) is 23.6. The quantitative estimate of drug-likeness (QED) is 0.561. The molecule has 5 nitrogen and oxygen atoms in total. The summed E-state index contributed by atoms with van der Waals surface area (Å²) in [5.41, 5.74) is 4.50. The highest BCUT2D eigenvalue weighted by molar-refractivity contribution is 5.94. The zero-order valence-electron chi connectivity index (χ0n) is 15.3. The van der Waals surface area contributed by atoms with Crippen LogP contribution in [-0.4, -0.2) is 20.7 Å². The summed E-state index contributed by atoms with van der Waals surface area (Å²) in [6.45, 7) is 1.20. The van der Waals surface area contributed by atoms with E-state index in [0.29, 0.717) is 18.7 Å². The number of pyridine rings is 1. The van der Waals surface area contributed by atoms with Crippen molar-refractivity contribution < 1.29 is 4.79 Å². The van der Waals surface area contributed by atoms with Gasteiger partial charge in [0.1, 0.15) is 0 Å². The minimum atomic E-state index is -0.136. The number of carbonyl (C=O) groups is 1. The van der Waals surface area contributed by atoms with Crippen molar-refractivity contribution in [2.45, 2.75) is 13.1 Å². The highest BCUT2D eigenvalue weighted by Gasteiger charge is 2.08. The van der Waals surface area contributed by atoms with Crippen LogP contribution in [0.3, 0.4) is 0 Å². The summed E-state index contributed by atoms with van der Waals surface area (Å²) >= 11 is 0. The van der Waals surface area contributed by atoms with Gasteiger partial charge in [0.15, 0.2) is 0 Å². The van der Waals surface area contributed by atoms with Crippen LogP contribution in [0, 0.1) is 0 Å². The SMILES string of the molecule is O=C(NCc1ccccc1)c1ccc(-c2cnn(Cc3ccccc3)c2)nc1. The molecule has 2 heterocycles. The molecule has 28 heavy (non-hydrogen) atoms. The molecule has 0 radical (unpaired) electrons. The second-order valence-electron chi connectivity index (χ2n) is 6.51. The van der Waals surface area contributed by atoms with E-state index in [9.17, 15) is 4.79 Å². The first kappa shape index (κ1) is 17.7. The van der Waals surface area contributed by atoms with Crippen LogP contribution in [0.25, 0.3) is 11.3 Å². The van der Waals surface area contributed by atoms with Gasteiger partial charge in [0.25, 0.3) is 5.91 Å². The van der Waals surface area contributed by atoms with Gasteiger partial charge in [-0.2, -0.15) is 5.10 Å². The zero-order chi connectivity index (χ0) is 19.2. The fourth-order valence-corrected chi connectivity index (χ4v) is 2.93. The van der Waals surface area contributed by atoms with E-state index in [4.69, 9.17) is 0 Å². The first-order valence-electron chi connectivity index (χ1n) is 9.13. The monoisotopic (exact) mass is 368 g/mol. The molecule has 1 amide bonds. The van der Waals surface area contributed by atoms with Gasteiger partial charge in [-0.15, -0.1) is 0 Å². The van der Waals surface area contributed by atoms with Gasteiger partial charge in [-0.1, -0.05) is 60.7 Å². The van der Waals surface area contributed by atoms with E-state index in [-0.39, 0.29) is 5.91 Å². The summed E-state index contributed by atoms with van der Waals surface area (Å²) in [5.74, 6) is -0.136. The number of rotatable bonds is 6. The smallest absolute Gasteiger partial charge is 0.253 e. The van der Waals surface area contributed by atoms with Gasteiger partial charge in [0.05, 0.1) is 24.0 Å². The Morgan fingerprint density at radius 2 is 1.57 bits per heavy atom. The molecule has 2 aromatic carbocycles. The predicted octanol–water partition coefficient (Wildman–Crippen LogP) is 3.92. The number of aromatic nitrogens is 3. The van der Waals surface area contributed by atoms with Gasteiger partial charge < -0.3 is 5.32 Å². The molecule has 0 spiro atoms. The number of hydrogen-bond acceptors (Lipinski definition) is 3. The molecular weight excluding hydrogens is 348 g/mol. The molecule has 0 saturated heterocycles. The highest BCUT2D eigenvalue weighted by Crippen LogP contribution is 2.17. The van der Waals surface area contributed by atoms with E-state index in [1.165, 1.54) is 5.56 Å². The fraction of sp³-hybridized carbons (Fsp3) is 0.0870. The maximum absolute atomic E-state index is 12.3. The van der Waals surface area contributed by atoms with Gasteiger partial charge in [0, 0.05) is 24.5 Å². The lowest BCUT2D eigenvalue weighted by atomic mass is 10.2. The Balaban J connectivity index is 1.40. The Kier molecular flexibility index (Phi) is 5.24. The third-order valence-corrected chi connectivity index (χ3v) is 4.44. The van der Waals surface area contributed by atoms with Crippen molar-refractivity contribution in [3.63, 3.8) is 0 Å². The molecule has 0 bridgehead atoms. The molecular formula is C23H20N4O. The Morgan fingerprint density at radius 1 is 0.857 bits per heavy atom. The molecule has 0 fully saturated rings. The summed E-state index contributed by atoms with van der Waals surface area (Å²) in [6.07, 6.45) is 5.36. The maximum Gasteiger partial charge on any atom is 0.253 e. The maximum atomic E-state index is 12.3. The van der Waals surface area contributed by atoms with Crippen LogP contribution in [0.15, 0.2) is 91.4 Å². The van der Waals surface area contributed by atoms with Crippen molar-refractivity contribution in [1.29, 1.82) is 0 Å². The van der Waals surface area contributed by atoms with Crippen molar-refractivity contribution in [1.82, 2.24) is 20.1 Å². The molecule has 0 aliphatic rings. The van der Waals surface area contributed by atoms with Gasteiger partial charge in [-0.05, 0) is 23.3 Å². The van der Waals surface area contributed by atoms with Crippen molar-refractivity contribution in [2.75, 3.05) is 0 Å². The van der Waals surface area contributed by atoms with E-state index in [0.717, 1.165) is 16.8 Å². The standard InChI is InChI=1S/C23H20N4O/c28-23(25-13-18-7-3-1-4-8-18)20-11-12-22(24-14-20)21-15-26-27(17-21)16-19-9-5-2-6-10-19/h1-12,14-15,17H,13,16H2,(H,25,28). The molecule has 4 rings (SSSR count). The summed E-state index contributed by atoms with van der Waals surface area (Å²) < 4.78 is 1.88.